The summed E-state index contributed by atoms with van der Waals surface area (Å²) in [5, 5.41) is 9.80. The second kappa shape index (κ2) is 5.90. The van der Waals surface area contributed by atoms with E-state index < -0.39 is 0 Å². The highest BCUT2D eigenvalue weighted by Crippen LogP contribution is 2.28. The van der Waals surface area contributed by atoms with Crippen LogP contribution in [0.5, 0.6) is 5.75 Å². The smallest absolute Gasteiger partial charge is 0.120 e. The molecule has 1 aromatic rings. The Hall–Kier alpha value is -1.02. The molecule has 16 heavy (non-hydrogen) atoms. The van der Waals surface area contributed by atoms with Crippen LogP contribution in [-0.4, -0.2) is 5.11 Å². The Morgan fingerprint density at radius 2 is 2.00 bits per heavy atom. The number of rotatable bonds is 5. The monoisotopic (exact) mass is 221 g/mol. The van der Waals surface area contributed by atoms with E-state index in [1.165, 1.54) is 18.4 Å². The Morgan fingerprint density at radius 1 is 1.31 bits per heavy atom. The molecule has 0 bridgehead atoms. The predicted molar refractivity (Wildman–Crippen MR) is 68.5 cm³/mol. The van der Waals surface area contributed by atoms with E-state index in [9.17, 15) is 5.11 Å². The lowest BCUT2D eigenvalue weighted by molar-refractivity contribution is 0.439. The summed E-state index contributed by atoms with van der Waals surface area (Å²) in [6, 6.07) is 5.72. The molecule has 0 radical (unpaired) electrons. The van der Waals surface area contributed by atoms with E-state index in [1.54, 1.807) is 6.07 Å². The molecule has 0 spiro atoms. The molecule has 0 aliphatic carbocycles. The third-order valence-corrected chi connectivity index (χ3v) is 2.99. The van der Waals surface area contributed by atoms with Crippen LogP contribution in [-0.2, 0) is 6.42 Å². The SMILES string of the molecule is CCCCc1ccc(O)c(C(N)C(C)C)c1. The van der Waals surface area contributed by atoms with Crippen molar-refractivity contribution < 1.29 is 5.11 Å². The van der Waals surface area contributed by atoms with Crippen LogP contribution in [0.2, 0.25) is 0 Å². The van der Waals surface area contributed by atoms with Crippen molar-refractivity contribution in [1.82, 2.24) is 0 Å². The van der Waals surface area contributed by atoms with E-state index in [0.717, 1.165) is 12.0 Å². The maximum Gasteiger partial charge on any atom is 0.120 e. The molecule has 0 aliphatic rings. The summed E-state index contributed by atoms with van der Waals surface area (Å²) in [6.07, 6.45) is 3.43. The number of benzene rings is 1. The normalized spacial score (nSPS) is 13.1. The summed E-state index contributed by atoms with van der Waals surface area (Å²) in [5.74, 6) is 0.661. The number of aryl methyl sites for hydroxylation is 1. The van der Waals surface area contributed by atoms with Gasteiger partial charge in [0.05, 0.1) is 0 Å². The zero-order valence-electron chi connectivity index (χ0n) is 10.5. The van der Waals surface area contributed by atoms with Crippen molar-refractivity contribution in [2.45, 2.75) is 46.1 Å². The highest BCUT2D eigenvalue weighted by atomic mass is 16.3. The molecule has 1 rings (SSSR count). The minimum absolute atomic E-state index is 0.0819. The van der Waals surface area contributed by atoms with Gasteiger partial charge in [-0.25, -0.2) is 0 Å². The van der Waals surface area contributed by atoms with Crippen LogP contribution < -0.4 is 5.73 Å². The van der Waals surface area contributed by atoms with Gasteiger partial charge in [-0.1, -0.05) is 39.3 Å². The molecule has 0 saturated carbocycles. The van der Waals surface area contributed by atoms with Gasteiger partial charge >= 0.3 is 0 Å². The van der Waals surface area contributed by atoms with Gasteiger partial charge in [0.1, 0.15) is 5.75 Å². The molecule has 0 amide bonds. The molecule has 2 nitrogen and oxygen atoms in total. The molecule has 0 saturated heterocycles. The fraction of sp³-hybridized carbons (Fsp3) is 0.571. The average molecular weight is 221 g/mol. The van der Waals surface area contributed by atoms with Crippen LogP contribution in [0.4, 0.5) is 0 Å². The molecule has 1 atom stereocenters. The maximum atomic E-state index is 9.80. The van der Waals surface area contributed by atoms with Gasteiger partial charge in [0, 0.05) is 11.6 Å². The molecular weight excluding hydrogens is 198 g/mol. The number of hydrogen-bond donors (Lipinski definition) is 2. The number of unbranched alkanes of at least 4 members (excludes halogenated alkanes) is 1. The van der Waals surface area contributed by atoms with E-state index >= 15 is 0 Å². The van der Waals surface area contributed by atoms with Gasteiger partial charge in [-0.05, 0) is 30.4 Å². The van der Waals surface area contributed by atoms with Gasteiger partial charge in [-0.2, -0.15) is 0 Å². The third-order valence-electron chi connectivity index (χ3n) is 2.99. The lowest BCUT2D eigenvalue weighted by Crippen LogP contribution is -2.17. The Kier molecular flexibility index (Phi) is 4.81. The van der Waals surface area contributed by atoms with Crippen LogP contribution in [0, 0.1) is 5.92 Å². The van der Waals surface area contributed by atoms with Gasteiger partial charge in [-0.3, -0.25) is 0 Å². The van der Waals surface area contributed by atoms with Crippen molar-refractivity contribution in [2.75, 3.05) is 0 Å². The predicted octanol–water partition coefficient (Wildman–Crippen LogP) is 3.39. The van der Waals surface area contributed by atoms with Crippen molar-refractivity contribution in [3.8, 4) is 5.75 Å². The summed E-state index contributed by atoms with van der Waals surface area (Å²) in [6.45, 7) is 6.33. The minimum atomic E-state index is -0.0819. The van der Waals surface area contributed by atoms with Crippen LogP contribution in [0.1, 0.15) is 50.8 Å². The van der Waals surface area contributed by atoms with Crippen LogP contribution in [0.3, 0.4) is 0 Å². The van der Waals surface area contributed by atoms with Crippen molar-refractivity contribution in [1.29, 1.82) is 0 Å². The largest absolute Gasteiger partial charge is 0.508 e. The zero-order valence-corrected chi connectivity index (χ0v) is 10.5. The molecule has 90 valence electrons. The molecule has 2 heteroatoms. The number of phenolic OH excluding ortho intramolecular Hbond substituents is 1. The topological polar surface area (TPSA) is 46.2 Å². The Labute approximate surface area is 98.5 Å². The van der Waals surface area contributed by atoms with E-state index in [4.69, 9.17) is 5.73 Å². The van der Waals surface area contributed by atoms with Gasteiger partial charge in [0.25, 0.3) is 0 Å². The summed E-state index contributed by atoms with van der Waals surface area (Å²) in [4.78, 5) is 0. The fourth-order valence-corrected chi connectivity index (χ4v) is 1.77. The lowest BCUT2D eigenvalue weighted by atomic mass is 9.94. The number of hydrogen-bond acceptors (Lipinski definition) is 2. The Balaban J connectivity index is 2.90. The van der Waals surface area contributed by atoms with E-state index in [2.05, 4.69) is 26.8 Å². The molecule has 1 aromatic carbocycles. The standard InChI is InChI=1S/C14H23NO/c1-4-5-6-11-7-8-13(16)12(9-11)14(15)10(2)3/h7-10,14,16H,4-6,15H2,1-3H3. The van der Waals surface area contributed by atoms with Crippen LogP contribution >= 0.6 is 0 Å². The van der Waals surface area contributed by atoms with Gasteiger partial charge < -0.3 is 10.8 Å². The minimum Gasteiger partial charge on any atom is -0.508 e. The van der Waals surface area contributed by atoms with E-state index in [1.807, 2.05) is 6.07 Å². The molecular formula is C14H23NO. The second-order valence-electron chi connectivity index (χ2n) is 4.77. The fourth-order valence-electron chi connectivity index (χ4n) is 1.77. The quantitative estimate of drug-likeness (QED) is 0.800. The van der Waals surface area contributed by atoms with Gasteiger partial charge in [0.2, 0.25) is 0 Å². The van der Waals surface area contributed by atoms with Crippen molar-refractivity contribution in [2.24, 2.45) is 11.7 Å². The van der Waals surface area contributed by atoms with Crippen molar-refractivity contribution in [3.05, 3.63) is 29.3 Å². The maximum absolute atomic E-state index is 9.80. The first kappa shape index (κ1) is 13.0. The van der Waals surface area contributed by atoms with Crippen LogP contribution in [0.25, 0.3) is 0 Å². The van der Waals surface area contributed by atoms with E-state index in [0.29, 0.717) is 11.7 Å². The highest BCUT2D eigenvalue weighted by molar-refractivity contribution is 5.38. The lowest BCUT2D eigenvalue weighted by Gasteiger charge is -2.18. The number of aromatic hydroxyl groups is 1. The first-order chi connectivity index (χ1) is 7.56. The average Bonchev–Trinajstić information content (AvgIpc) is 2.27. The molecule has 0 fully saturated rings. The first-order valence-corrected chi connectivity index (χ1v) is 6.13. The molecule has 3 N–H and O–H groups in total. The van der Waals surface area contributed by atoms with Gasteiger partial charge in [-0.15, -0.1) is 0 Å². The van der Waals surface area contributed by atoms with E-state index in [-0.39, 0.29) is 6.04 Å². The summed E-state index contributed by atoms with van der Waals surface area (Å²) in [7, 11) is 0. The second-order valence-corrected chi connectivity index (χ2v) is 4.77. The third kappa shape index (κ3) is 3.24. The van der Waals surface area contributed by atoms with Crippen LogP contribution in [0.15, 0.2) is 18.2 Å². The first-order valence-electron chi connectivity index (χ1n) is 6.13. The molecule has 0 heterocycles. The molecule has 0 aliphatic heterocycles. The van der Waals surface area contributed by atoms with Crippen molar-refractivity contribution in [3.63, 3.8) is 0 Å². The number of phenols is 1. The van der Waals surface area contributed by atoms with Crippen molar-refractivity contribution >= 4 is 0 Å². The molecule has 1 unspecified atom stereocenters. The summed E-state index contributed by atoms with van der Waals surface area (Å²) in [5.41, 5.74) is 8.22. The Bertz CT molecular complexity index is 334. The number of nitrogens with two attached hydrogens (primary N) is 1. The Morgan fingerprint density at radius 3 is 2.56 bits per heavy atom. The summed E-state index contributed by atoms with van der Waals surface area (Å²) < 4.78 is 0. The molecule has 0 aromatic heterocycles. The zero-order chi connectivity index (χ0) is 12.1. The summed E-state index contributed by atoms with van der Waals surface area (Å²) >= 11 is 0. The highest BCUT2D eigenvalue weighted by Gasteiger charge is 2.14. The van der Waals surface area contributed by atoms with Gasteiger partial charge in [0.15, 0.2) is 0 Å².